The Labute approximate surface area is 162 Å². The monoisotopic (exact) mass is 379 g/mol. The van der Waals surface area contributed by atoms with Crippen LogP contribution in [-0.4, -0.2) is 29.0 Å². The van der Waals surface area contributed by atoms with Crippen LogP contribution in [0.1, 0.15) is 12.8 Å². The summed E-state index contributed by atoms with van der Waals surface area (Å²) >= 11 is 0. The van der Waals surface area contributed by atoms with Gasteiger partial charge >= 0.3 is 5.97 Å². The number of nitrogens with one attached hydrogen (secondary N) is 1. The molecule has 1 N–H and O–H groups in total. The summed E-state index contributed by atoms with van der Waals surface area (Å²) in [6, 6.07) is 7.01. The highest BCUT2D eigenvalue weighted by atomic mass is 16.5. The van der Waals surface area contributed by atoms with Crippen molar-refractivity contribution in [1.82, 2.24) is 9.97 Å². The molecule has 5 rings (SSSR count). The number of hydrogen-bond donors (Lipinski definition) is 1. The number of nitrogens with zero attached hydrogens (tertiary/aromatic N) is 2. The average molecular weight is 379 g/mol. The first-order valence-electron chi connectivity index (χ1n) is 9.26. The Morgan fingerprint density at radius 2 is 1.75 bits per heavy atom. The van der Waals surface area contributed by atoms with Gasteiger partial charge in [-0.15, -0.1) is 0 Å². The maximum Gasteiger partial charge on any atom is 0.310 e. The van der Waals surface area contributed by atoms with Gasteiger partial charge < -0.3 is 14.8 Å². The van der Waals surface area contributed by atoms with E-state index in [0.717, 1.165) is 12.8 Å². The summed E-state index contributed by atoms with van der Waals surface area (Å²) in [5.74, 6) is -0.191. The molecule has 0 spiro atoms. The van der Waals surface area contributed by atoms with E-state index in [4.69, 9.17) is 9.47 Å². The van der Waals surface area contributed by atoms with Crippen LogP contribution in [0.4, 0.5) is 5.69 Å². The summed E-state index contributed by atoms with van der Waals surface area (Å²) in [5, 5.41) is 2.93. The lowest BCUT2D eigenvalue weighted by Crippen LogP contribution is -2.47. The Morgan fingerprint density at radius 1 is 1.04 bits per heavy atom. The number of ether oxygens (including phenoxy) is 2. The summed E-state index contributed by atoms with van der Waals surface area (Å²) in [7, 11) is 1.37. The van der Waals surface area contributed by atoms with E-state index >= 15 is 0 Å². The van der Waals surface area contributed by atoms with E-state index in [9.17, 15) is 9.59 Å². The van der Waals surface area contributed by atoms with Crippen molar-refractivity contribution >= 4 is 17.6 Å². The molecule has 7 heteroatoms. The molecular weight excluding hydrogens is 358 g/mol. The molecule has 7 nitrogen and oxygen atoms in total. The maximum atomic E-state index is 13.0. The van der Waals surface area contributed by atoms with Gasteiger partial charge in [-0.05, 0) is 48.9 Å². The molecule has 0 aliphatic heterocycles. The first kappa shape index (κ1) is 18.2. The van der Waals surface area contributed by atoms with Crippen molar-refractivity contribution < 1.29 is 19.1 Å². The first-order valence-corrected chi connectivity index (χ1v) is 9.26. The van der Waals surface area contributed by atoms with Crippen molar-refractivity contribution in [1.29, 1.82) is 0 Å². The standard InChI is InChI=1S/C21H21N3O4/c1-27-21(26)19-14-4-2-13(3-5-14)18(19)20(25)24-15-6-8-16(9-7-15)28-17-12-22-10-11-23-17/h2,4,6-14,18-19H,3,5H2,1H3,(H,24,25)/t13?,14?,18-,19+/m1/s1. The second kappa shape index (κ2) is 7.80. The Morgan fingerprint density at radius 3 is 2.36 bits per heavy atom. The third-order valence-corrected chi connectivity index (χ3v) is 5.41. The molecule has 1 saturated carbocycles. The van der Waals surface area contributed by atoms with Crippen LogP contribution in [0.5, 0.6) is 11.6 Å². The number of fused-ring (bicyclic) bond motifs is 2. The molecular formula is C21H21N3O4. The van der Waals surface area contributed by atoms with Gasteiger partial charge in [0.05, 0.1) is 25.1 Å². The molecule has 3 aliphatic rings. The fourth-order valence-corrected chi connectivity index (χ4v) is 4.10. The largest absolute Gasteiger partial charge is 0.469 e. The van der Waals surface area contributed by atoms with E-state index in [-0.39, 0.29) is 23.7 Å². The SMILES string of the molecule is COC(=O)[C@H]1C2C=CC(CC2)[C@H]1C(=O)Nc1ccc(Oc2cnccn2)cc1. The van der Waals surface area contributed by atoms with Crippen LogP contribution < -0.4 is 10.1 Å². The molecule has 4 atom stereocenters. The van der Waals surface area contributed by atoms with Gasteiger partial charge in [0.2, 0.25) is 11.8 Å². The Bertz CT molecular complexity index is 882. The Kier molecular flexibility index (Phi) is 5.06. The minimum Gasteiger partial charge on any atom is -0.469 e. The van der Waals surface area contributed by atoms with Crippen molar-refractivity contribution in [2.24, 2.45) is 23.7 Å². The number of aromatic nitrogens is 2. The number of carbonyl (C=O) groups is 2. The van der Waals surface area contributed by atoms with Crippen molar-refractivity contribution in [3.8, 4) is 11.6 Å². The van der Waals surface area contributed by atoms with E-state index in [1.54, 1.807) is 36.7 Å². The average Bonchev–Trinajstić information content (AvgIpc) is 2.75. The predicted octanol–water partition coefficient (Wildman–Crippen LogP) is 3.21. The fourth-order valence-electron chi connectivity index (χ4n) is 4.10. The second-order valence-corrected chi connectivity index (χ2v) is 7.02. The minimum absolute atomic E-state index is 0.0633. The van der Waals surface area contributed by atoms with Gasteiger partial charge in [0.1, 0.15) is 5.75 Å². The Hall–Kier alpha value is -3.22. The number of benzene rings is 1. The lowest BCUT2D eigenvalue weighted by molar-refractivity contribution is -0.154. The number of rotatable bonds is 5. The number of allylic oxidation sites excluding steroid dienone is 2. The summed E-state index contributed by atoms with van der Waals surface area (Å²) in [6.45, 7) is 0. The van der Waals surface area contributed by atoms with Gasteiger partial charge in [-0.3, -0.25) is 14.6 Å². The van der Waals surface area contributed by atoms with Gasteiger partial charge in [0.15, 0.2) is 0 Å². The van der Waals surface area contributed by atoms with Crippen LogP contribution in [0.2, 0.25) is 0 Å². The van der Waals surface area contributed by atoms with Crippen LogP contribution in [0.3, 0.4) is 0 Å². The van der Waals surface area contributed by atoms with E-state index < -0.39 is 11.8 Å². The molecule has 2 bridgehead atoms. The molecule has 0 saturated heterocycles. The van der Waals surface area contributed by atoms with Crippen LogP contribution in [0.25, 0.3) is 0 Å². The van der Waals surface area contributed by atoms with Crippen LogP contribution in [0.15, 0.2) is 55.0 Å². The molecule has 1 aromatic carbocycles. The summed E-state index contributed by atoms with van der Waals surface area (Å²) in [4.78, 5) is 33.2. The zero-order chi connectivity index (χ0) is 19.5. The van der Waals surface area contributed by atoms with E-state index in [1.807, 2.05) is 0 Å². The van der Waals surface area contributed by atoms with Gasteiger partial charge in [0, 0.05) is 18.1 Å². The molecule has 0 radical (unpaired) electrons. The van der Waals surface area contributed by atoms with Crippen LogP contribution in [-0.2, 0) is 14.3 Å². The third kappa shape index (κ3) is 3.60. The molecule has 2 unspecified atom stereocenters. The van der Waals surface area contributed by atoms with E-state index in [1.165, 1.54) is 13.3 Å². The number of hydrogen-bond acceptors (Lipinski definition) is 6. The molecule has 1 fully saturated rings. The molecule has 3 aliphatic carbocycles. The Balaban J connectivity index is 1.45. The highest BCUT2D eigenvalue weighted by Crippen LogP contribution is 2.45. The van der Waals surface area contributed by atoms with Crippen molar-refractivity contribution in [2.75, 3.05) is 12.4 Å². The lowest BCUT2D eigenvalue weighted by Gasteiger charge is -2.42. The van der Waals surface area contributed by atoms with Gasteiger partial charge in [-0.2, -0.15) is 0 Å². The molecule has 1 amide bonds. The van der Waals surface area contributed by atoms with E-state index in [2.05, 4.69) is 27.4 Å². The molecule has 1 heterocycles. The molecule has 144 valence electrons. The third-order valence-electron chi connectivity index (χ3n) is 5.41. The lowest BCUT2D eigenvalue weighted by atomic mass is 9.62. The van der Waals surface area contributed by atoms with Crippen LogP contribution >= 0.6 is 0 Å². The second-order valence-electron chi connectivity index (χ2n) is 7.02. The van der Waals surface area contributed by atoms with Crippen molar-refractivity contribution in [3.05, 3.63) is 55.0 Å². The maximum absolute atomic E-state index is 13.0. The number of anilines is 1. The topological polar surface area (TPSA) is 90.4 Å². The van der Waals surface area contributed by atoms with Crippen LogP contribution in [0, 0.1) is 23.7 Å². The summed E-state index contributed by atoms with van der Waals surface area (Å²) in [6.07, 6.45) is 10.6. The highest BCUT2D eigenvalue weighted by Gasteiger charge is 2.48. The van der Waals surface area contributed by atoms with Gasteiger partial charge in [0.25, 0.3) is 0 Å². The molecule has 1 aromatic heterocycles. The molecule has 28 heavy (non-hydrogen) atoms. The van der Waals surface area contributed by atoms with Gasteiger partial charge in [-0.25, -0.2) is 4.98 Å². The zero-order valence-corrected chi connectivity index (χ0v) is 15.4. The number of carbonyl (C=O) groups excluding carboxylic acids is 2. The number of esters is 1. The number of methoxy groups -OCH3 is 1. The molecule has 2 aromatic rings. The normalized spacial score (nSPS) is 25.2. The highest BCUT2D eigenvalue weighted by molar-refractivity contribution is 5.96. The number of amides is 1. The smallest absolute Gasteiger partial charge is 0.310 e. The van der Waals surface area contributed by atoms with E-state index in [0.29, 0.717) is 17.3 Å². The zero-order valence-electron chi connectivity index (χ0n) is 15.4. The summed E-state index contributed by atoms with van der Waals surface area (Å²) < 4.78 is 10.6. The predicted molar refractivity (Wildman–Crippen MR) is 102 cm³/mol. The quantitative estimate of drug-likeness (QED) is 0.634. The fraction of sp³-hybridized carbons (Fsp3) is 0.333. The van der Waals surface area contributed by atoms with Crippen molar-refractivity contribution in [2.45, 2.75) is 12.8 Å². The van der Waals surface area contributed by atoms with Crippen molar-refractivity contribution in [3.63, 3.8) is 0 Å². The first-order chi connectivity index (χ1) is 13.7. The van der Waals surface area contributed by atoms with Gasteiger partial charge in [-0.1, -0.05) is 12.2 Å². The minimum atomic E-state index is -0.423. The summed E-state index contributed by atoms with van der Waals surface area (Å²) in [5.41, 5.74) is 0.644.